The van der Waals surface area contributed by atoms with Crippen molar-refractivity contribution in [3.8, 4) is 39.4 Å². The largest absolute Gasteiger partial charge is 0.495 e. The average molecular weight is 419 g/mol. The van der Waals surface area contributed by atoms with E-state index < -0.39 is 0 Å². The summed E-state index contributed by atoms with van der Waals surface area (Å²) in [6, 6.07) is 10.1. The van der Waals surface area contributed by atoms with E-state index >= 15 is 0 Å². The number of nitrogens with zero attached hydrogens (tertiary/aromatic N) is 5. The molecule has 32 heavy (non-hydrogen) atoms. The van der Waals surface area contributed by atoms with E-state index in [-0.39, 0.29) is 0 Å². The molecule has 0 aliphatic carbocycles. The molecule has 0 fully saturated rings. The van der Waals surface area contributed by atoms with E-state index in [2.05, 4.69) is 47.2 Å². The molecule has 6 rings (SSSR count). The van der Waals surface area contributed by atoms with Gasteiger partial charge in [-0.2, -0.15) is 5.10 Å². The van der Waals surface area contributed by atoms with Crippen LogP contribution >= 0.6 is 0 Å². The number of pyridine rings is 4. The number of hydrogen-bond acceptors (Lipinski definition) is 6. The number of hydrogen-bond donors (Lipinski definition) is 2. The van der Waals surface area contributed by atoms with E-state index in [1.54, 1.807) is 38.1 Å². The number of rotatable bonds is 4. The molecule has 0 atom stereocenters. The van der Waals surface area contributed by atoms with E-state index in [4.69, 9.17) is 4.74 Å². The third kappa shape index (κ3) is 2.97. The maximum Gasteiger partial charge on any atom is 0.181 e. The Morgan fingerprint density at radius 2 is 1.62 bits per heavy atom. The molecule has 154 valence electrons. The molecule has 0 unspecified atom stereocenters. The van der Waals surface area contributed by atoms with Crippen molar-refractivity contribution in [2.24, 2.45) is 0 Å². The van der Waals surface area contributed by atoms with Crippen LogP contribution in [0.1, 0.15) is 0 Å². The molecule has 0 saturated carbocycles. The van der Waals surface area contributed by atoms with Crippen LogP contribution in [0, 0.1) is 0 Å². The fourth-order valence-electron chi connectivity index (χ4n) is 3.90. The van der Waals surface area contributed by atoms with Crippen molar-refractivity contribution in [3.63, 3.8) is 0 Å². The highest BCUT2D eigenvalue weighted by Crippen LogP contribution is 2.34. The summed E-state index contributed by atoms with van der Waals surface area (Å²) >= 11 is 0. The monoisotopic (exact) mass is 419 g/mol. The van der Waals surface area contributed by atoms with Crippen LogP contribution in [0.3, 0.4) is 0 Å². The summed E-state index contributed by atoms with van der Waals surface area (Å²) < 4.78 is 5.31. The number of H-pyrrole nitrogens is 2. The molecule has 2 N–H and O–H groups in total. The summed E-state index contributed by atoms with van der Waals surface area (Å²) in [5.41, 5.74) is 7.32. The van der Waals surface area contributed by atoms with Gasteiger partial charge in [0, 0.05) is 58.4 Å². The van der Waals surface area contributed by atoms with Crippen molar-refractivity contribution in [3.05, 3.63) is 73.7 Å². The zero-order chi connectivity index (χ0) is 21.5. The van der Waals surface area contributed by atoms with Gasteiger partial charge in [-0.3, -0.25) is 20.1 Å². The van der Waals surface area contributed by atoms with Crippen LogP contribution < -0.4 is 4.74 Å². The summed E-state index contributed by atoms with van der Waals surface area (Å²) in [4.78, 5) is 20.8. The number of aromatic nitrogens is 7. The van der Waals surface area contributed by atoms with Crippen LogP contribution in [-0.2, 0) is 0 Å². The fraction of sp³-hybridized carbons (Fsp3) is 0.0417. The Kier molecular flexibility index (Phi) is 4.14. The predicted octanol–water partition coefficient (Wildman–Crippen LogP) is 4.63. The molecule has 0 aromatic carbocycles. The molecule has 8 nitrogen and oxygen atoms in total. The molecular weight excluding hydrogens is 402 g/mol. The van der Waals surface area contributed by atoms with E-state index in [0.717, 1.165) is 49.9 Å². The van der Waals surface area contributed by atoms with Crippen molar-refractivity contribution in [2.45, 2.75) is 0 Å². The van der Waals surface area contributed by atoms with Crippen molar-refractivity contribution >= 4 is 21.9 Å². The molecule has 0 saturated heterocycles. The highest BCUT2D eigenvalue weighted by atomic mass is 16.5. The Labute approximate surface area is 182 Å². The highest BCUT2D eigenvalue weighted by Gasteiger charge is 2.15. The highest BCUT2D eigenvalue weighted by molar-refractivity contribution is 6.00. The minimum Gasteiger partial charge on any atom is -0.495 e. The van der Waals surface area contributed by atoms with Crippen LogP contribution in [-0.4, -0.2) is 42.2 Å². The first kappa shape index (κ1) is 18.2. The molecular formula is C24H17N7O. The summed E-state index contributed by atoms with van der Waals surface area (Å²) in [5.74, 6) is 0.696. The fourth-order valence-corrected chi connectivity index (χ4v) is 3.90. The van der Waals surface area contributed by atoms with Gasteiger partial charge in [0.15, 0.2) is 5.65 Å². The van der Waals surface area contributed by atoms with E-state index in [1.165, 1.54) is 0 Å². The predicted molar refractivity (Wildman–Crippen MR) is 122 cm³/mol. The second kappa shape index (κ2) is 7.28. The average Bonchev–Trinajstić information content (AvgIpc) is 3.48. The summed E-state index contributed by atoms with van der Waals surface area (Å²) in [7, 11) is 1.63. The maximum absolute atomic E-state index is 5.31. The van der Waals surface area contributed by atoms with Gasteiger partial charge in [-0.25, -0.2) is 4.98 Å². The van der Waals surface area contributed by atoms with Gasteiger partial charge in [0.2, 0.25) is 0 Å². The van der Waals surface area contributed by atoms with E-state index in [0.29, 0.717) is 11.4 Å². The molecule has 6 heterocycles. The van der Waals surface area contributed by atoms with Gasteiger partial charge in [0.05, 0.1) is 36.4 Å². The minimum absolute atomic E-state index is 0.644. The van der Waals surface area contributed by atoms with Crippen molar-refractivity contribution < 1.29 is 4.74 Å². The molecule has 0 aliphatic rings. The van der Waals surface area contributed by atoms with Gasteiger partial charge in [-0.05, 0) is 35.9 Å². The van der Waals surface area contributed by atoms with Crippen LogP contribution in [0.2, 0.25) is 0 Å². The van der Waals surface area contributed by atoms with Gasteiger partial charge in [-0.15, -0.1) is 0 Å². The Morgan fingerprint density at radius 3 is 2.50 bits per heavy atom. The van der Waals surface area contributed by atoms with Gasteiger partial charge < -0.3 is 9.72 Å². The Hall–Kier alpha value is -4.59. The lowest BCUT2D eigenvalue weighted by molar-refractivity contribution is 0.413. The molecule has 0 spiro atoms. The van der Waals surface area contributed by atoms with Crippen LogP contribution in [0.4, 0.5) is 0 Å². The van der Waals surface area contributed by atoms with Crippen molar-refractivity contribution in [2.75, 3.05) is 7.11 Å². The quantitative estimate of drug-likeness (QED) is 0.431. The van der Waals surface area contributed by atoms with Crippen molar-refractivity contribution in [1.82, 2.24) is 35.1 Å². The van der Waals surface area contributed by atoms with E-state index in [9.17, 15) is 0 Å². The zero-order valence-electron chi connectivity index (χ0n) is 17.1. The number of nitrogens with one attached hydrogen (secondary N) is 2. The lowest BCUT2D eigenvalue weighted by atomic mass is 10.0. The summed E-state index contributed by atoms with van der Waals surface area (Å²) in [6.45, 7) is 0. The Bertz CT molecular complexity index is 1570. The lowest BCUT2D eigenvalue weighted by Gasteiger charge is -2.04. The molecule has 0 aliphatic heterocycles. The third-order valence-corrected chi connectivity index (χ3v) is 5.50. The first-order valence-corrected chi connectivity index (χ1v) is 10.0. The van der Waals surface area contributed by atoms with Gasteiger partial charge in [-0.1, -0.05) is 0 Å². The number of fused-ring (bicyclic) bond motifs is 2. The number of aromatic amines is 2. The van der Waals surface area contributed by atoms with Gasteiger partial charge in [0.1, 0.15) is 5.75 Å². The topological polar surface area (TPSA) is 105 Å². The first-order valence-electron chi connectivity index (χ1n) is 10.0. The number of methoxy groups -OCH3 is 1. The second-order valence-electron chi connectivity index (χ2n) is 7.37. The zero-order valence-corrected chi connectivity index (χ0v) is 17.1. The van der Waals surface area contributed by atoms with Crippen LogP contribution in [0.15, 0.2) is 73.7 Å². The minimum atomic E-state index is 0.644. The molecule has 6 aromatic rings. The third-order valence-electron chi connectivity index (χ3n) is 5.50. The van der Waals surface area contributed by atoms with E-state index in [1.807, 2.05) is 30.6 Å². The Morgan fingerprint density at radius 1 is 0.781 bits per heavy atom. The summed E-state index contributed by atoms with van der Waals surface area (Å²) in [5, 5.41) is 9.52. The van der Waals surface area contributed by atoms with Gasteiger partial charge in [0.25, 0.3) is 0 Å². The molecule has 0 amide bonds. The standard InChI is InChI=1S/C24H17N7O/c1-32-17-6-15(9-26-11-17)16-7-19-23(30-31-24(19)28-10-16)21-8-18-20(12-27-13-22(18)29-21)14-2-4-25-5-3-14/h2-13,29H,1H3,(H,28,30,31). The first-order chi connectivity index (χ1) is 15.8. The molecule has 0 bridgehead atoms. The molecule has 6 aromatic heterocycles. The van der Waals surface area contributed by atoms with Crippen LogP contribution in [0.25, 0.3) is 55.6 Å². The van der Waals surface area contributed by atoms with Crippen LogP contribution in [0.5, 0.6) is 5.75 Å². The van der Waals surface area contributed by atoms with Gasteiger partial charge >= 0.3 is 0 Å². The van der Waals surface area contributed by atoms with Crippen molar-refractivity contribution in [1.29, 1.82) is 0 Å². The molecule has 8 heteroatoms. The molecule has 0 radical (unpaired) electrons. The summed E-state index contributed by atoms with van der Waals surface area (Å²) in [6.07, 6.45) is 12.5. The SMILES string of the molecule is COc1cncc(-c2cnc3n[nH]c(-c4cc5c(-c6ccncc6)cncc5[nH]4)c3c2)c1. The second-order valence-corrected chi connectivity index (χ2v) is 7.37. The maximum atomic E-state index is 5.31. The Balaban J connectivity index is 1.50. The lowest BCUT2D eigenvalue weighted by Crippen LogP contribution is -1.87. The number of ether oxygens (including phenoxy) is 1. The normalized spacial score (nSPS) is 11.3. The smallest absolute Gasteiger partial charge is 0.181 e.